The maximum Gasteiger partial charge on any atom is 0.261 e. The molecule has 2 N–H and O–H groups in total. The number of nitrogens with two attached hydrogens (primary N) is 1. The Morgan fingerprint density at radius 2 is 1.87 bits per heavy atom. The van der Waals surface area contributed by atoms with Crippen LogP contribution >= 0.6 is 11.3 Å². The van der Waals surface area contributed by atoms with Crippen LogP contribution in [0, 0.1) is 6.92 Å². The first-order chi connectivity index (χ1) is 14.2. The van der Waals surface area contributed by atoms with Crippen molar-refractivity contribution in [3.8, 4) is 22.6 Å². The van der Waals surface area contributed by atoms with Crippen LogP contribution in [0.2, 0.25) is 0 Å². The summed E-state index contributed by atoms with van der Waals surface area (Å²) in [6.45, 7) is 1.91. The standard InChI is InChI=1S/C20H21N4O4S2/c1-12-7-15(24(2)9-18(22-11-24)30(21,25)26)19-14(10-29-20(19)23-12)13-5-6-16(27-3)17(8-13)28-4/h5-11H,1-4H3,(H2,21,25,26)/q+1. The van der Waals surface area contributed by atoms with Crippen molar-refractivity contribution in [3.63, 3.8) is 0 Å². The van der Waals surface area contributed by atoms with E-state index in [4.69, 9.17) is 14.6 Å². The van der Waals surface area contributed by atoms with Gasteiger partial charge in [-0.3, -0.25) is 0 Å². The van der Waals surface area contributed by atoms with Gasteiger partial charge in [-0.1, -0.05) is 6.07 Å². The topological polar surface area (TPSA) is 104 Å². The number of fused-ring (bicyclic) bond motifs is 1. The van der Waals surface area contributed by atoms with Gasteiger partial charge in [0.2, 0.25) is 11.4 Å². The number of quaternary nitrogens is 1. The number of nitrogens with zero attached hydrogens (tertiary/aromatic N) is 3. The molecule has 3 aromatic rings. The van der Waals surface area contributed by atoms with Crippen molar-refractivity contribution in [1.29, 1.82) is 0 Å². The Kier molecular flexibility index (Phi) is 4.89. The first kappa shape index (κ1) is 20.5. The number of hydrogen-bond donors (Lipinski definition) is 1. The molecule has 1 unspecified atom stereocenters. The van der Waals surface area contributed by atoms with Crippen LogP contribution in [0.4, 0.5) is 5.69 Å². The van der Waals surface area contributed by atoms with Gasteiger partial charge in [0, 0.05) is 22.7 Å². The number of pyridine rings is 1. The molecule has 0 saturated carbocycles. The molecular weight excluding hydrogens is 424 g/mol. The summed E-state index contributed by atoms with van der Waals surface area (Å²) in [5, 5.41) is 8.08. The number of sulfonamides is 1. The SMILES string of the molecule is COc1ccc(-c2csc3nc(C)cc([N+]4(C)C=NC(S(N)(=O)=O)=C4)c23)cc1OC. The van der Waals surface area contributed by atoms with Crippen LogP contribution in [0.15, 0.2) is 45.9 Å². The molecule has 0 fully saturated rings. The van der Waals surface area contributed by atoms with Crippen molar-refractivity contribution in [3.05, 3.63) is 46.6 Å². The predicted octanol–water partition coefficient (Wildman–Crippen LogP) is 3.36. The lowest BCUT2D eigenvalue weighted by molar-refractivity contribution is 0.355. The summed E-state index contributed by atoms with van der Waals surface area (Å²) < 4.78 is 34.5. The zero-order valence-corrected chi connectivity index (χ0v) is 18.5. The van der Waals surface area contributed by atoms with Gasteiger partial charge in [-0.15, -0.1) is 11.3 Å². The highest BCUT2D eigenvalue weighted by molar-refractivity contribution is 7.93. The fourth-order valence-corrected chi connectivity index (χ4v) is 5.06. The molecule has 1 aliphatic rings. The number of aromatic nitrogens is 1. The molecule has 0 saturated heterocycles. The zero-order chi connectivity index (χ0) is 21.7. The molecule has 3 heterocycles. The first-order valence-corrected chi connectivity index (χ1v) is 11.4. The summed E-state index contributed by atoms with van der Waals surface area (Å²) in [5.41, 5.74) is 3.57. The van der Waals surface area contributed by atoms with Gasteiger partial charge in [-0.05, 0) is 24.6 Å². The second kappa shape index (κ2) is 7.17. The molecule has 8 nitrogen and oxygen atoms in total. The highest BCUT2D eigenvalue weighted by atomic mass is 32.2. The molecule has 10 heteroatoms. The Morgan fingerprint density at radius 1 is 1.13 bits per heavy atom. The normalized spacial score (nSPS) is 18.6. The van der Waals surface area contributed by atoms with Crippen molar-refractivity contribution in [2.75, 3.05) is 21.3 Å². The Hall–Kier alpha value is -2.79. The molecule has 30 heavy (non-hydrogen) atoms. The third-order valence-electron chi connectivity index (χ3n) is 4.96. The van der Waals surface area contributed by atoms with Gasteiger partial charge >= 0.3 is 0 Å². The van der Waals surface area contributed by atoms with Crippen LogP contribution in [0.25, 0.3) is 21.3 Å². The maximum atomic E-state index is 11.8. The van der Waals surface area contributed by atoms with E-state index in [2.05, 4.69) is 9.98 Å². The van der Waals surface area contributed by atoms with Gasteiger partial charge in [0.25, 0.3) is 10.0 Å². The van der Waals surface area contributed by atoms with Gasteiger partial charge < -0.3 is 9.47 Å². The molecule has 0 spiro atoms. The molecule has 0 radical (unpaired) electrons. The summed E-state index contributed by atoms with van der Waals surface area (Å²) in [6.07, 6.45) is 3.09. The minimum absolute atomic E-state index is 0.0582. The molecule has 1 atom stereocenters. The number of aryl methyl sites for hydroxylation is 1. The Morgan fingerprint density at radius 3 is 2.50 bits per heavy atom. The van der Waals surface area contributed by atoms with E-state index in [0.29, 0.717) is 11.5 Å². The molecule has 0 bridgehead atoms. The fraction of sp³-hybridized carbons (Fsp3) is 0.200. The van der Waals surface area contributed by atoms with E-state index in [0.717, 1.165) is 32.7 Å². The second-order valence-electron chi connectivity index (χ2n) is 7.09. The number of primary sulfonamides is 1. The minimum Gasteiger partial charge on any atom is -0.493 e. The van der Waals surface area contributed by atoms with Crippen molar-refractivity contribution in [2.45, 2.75) is 6.92 Å². The van der Waals surface area contributed by atoms with Crippen LogP contribution in [0.5, 0.6) is 11.5 Å². The van der Waals surface area contributed by atoms with E-state index in [-0.39, 0.29) is 9.51 Å². The third kappa shape index (κ3) is 3.37. The highest BCUT2D eigenvalue weighted by Gasteiger charge is 2.34. The van der Waals surface area contributed by atoms with E-state index in [1.54, 1.807) is 20.6 Å². The quantitative estimate of drug-likeness (QED) is 0.607. The Balaban J connectivity index is 1.97. The summed E-state index contributed by atoms with van der Waals surface area (Å²) in [5.74, 6) is 1.26. The molecule has 4 rings (SSSR count). The van der Waals surface area contributed by atoms with E-state index < -0.39 is 10.0 Å². The largest absolute Gasteiger partial charge is 0.493 e. The molecule has 1 aromatic carbocycles. The maximum absolute atomic E-state index is 11.8. The smallest absolute Gasteiger partial charge is 0.261 e. The minimum atomic E-state index is -3.91. The van der Waals surface area contributed by atoms with Gasteiger partial charge in [-0.2, -0.15) is 4.99 Å². The van der Waals surface area contributed by atoms with Gasteiger partial charge in [0.05, 0.1) is 26.7 Å². The lowest BCUT2D eigenvalue weighted by Gasteiger charge is -2.23. The van der Waals surface area contributed by atoms with E-state index >= 15 is 0 Å². The average Bonchev–Trinajstić information content (AvgIpc) is 3.31. The number of benzene rings is 1. The Bertz CT molecular complexity index is 1330. The van der Waals surface area contributed by atoms with Crippen molar-refractivity contribution in [1.82, 2.24) is 9.47 Å². The first-order valence-electron chi connectivity index (χ1n) is 8.95. The monoisotopic (exact) mass is 445 g/mol. The highest BCUT2D eigenvalue weighted by Crippen LogP contribution is 2.44. The number of ether oxygens (including phenoxy) is 2. The number of rotatable bonds is 5. The summed E-state index contributed by atoms with van der Waals surface area (Å²) in [7, 11) is 1.13. The van der Waals surface area contributed by atoms with Crippen LogP contribution in [-0.4, -0.2) is 41.0 Å². The van der Waals surface area contributed by atoms with Gasteiger partial charge in [0.15, 0.2) is 17.2 Å². The summed E-state index contributed by atoms with van der Waals surface area (Å²) >= 11 is 1.52. The van der Waals surface area contributed by atoms with Gasteiger partial charge in [0.1, 0.15) is 11.0 Å². The van der Waals surface area contributed by atoms with Crippen LogP contribution in [0.3, 0.4) is 0 Å². The van der Waals surface area contributed by atoms with E-state index in [1.165, 1.54) is 17.5 Å². The van der Waals surface area contributed by atoms with Crippen LogP contribution < -0.4 is 19.1 Å². The van der Waals surface area contributed by atoms with Crippen LogP contribution in [0.1, 0.15) is 5.69 Å². The van der Waals surface area contributed by atoms with Crippen LogP contribution in [-0.2, 0) is 10.0 Å². The van der Waals surface area contributed by atoms with E-state index in [1.807, 2.05) is 43.6 Å². The number of hydrogen-bond acceptors (Lipinski definition) is 7. The number of thiophene rings is 1. The lowest BCUT2D eigenvalue weighted by atomic mass is 10.0. The summed E-state index contributed by atoms with van der Waals surface area (Å²) in [4.78, 5) is 9.57. The fourth-order valence-electron chi connectivity index (χ4n) is 3.49. The van der Waals surface area contributed by atoms with Crippen molar-refractivity contribution < 1.29 is 17.9 Å². The molecular formula is C20H21N4O4S2+. The van der Waals surface area contributed by atoms with Crippen molar-refractivity contribution in [2.24, 2.45) is 10.1 Å². The van der Waals surface area contributed by atoms with Gasteiger partial charge in [-0.25, -0.2) is 23.0 Å². The molecule has 1 aliphatic heterocycles. The van der Waals surface area contributed by atoms with Crippen molar-refractivity contribution >= 4 is 43.6 Å². The molecule has 0 aliphatic carbocycles. The number of methoxy groups -OCH3 is 2. The zero-order valence-electron chi connectivity index (χ0n) is 16.9. The number of aliphatic imine (C=N–C) groups is 1. The second-order valence-corrected chi connectivity index (χ2v) is 9.45. The molecule has 156 valence electrons. The summed E-state index contributed by atoms with van der Waals surface area (Å²) in [6, 6.07) is 7.66. The average molecular weight is 446 g/mol. The Labute approximate surface area is 178 Å². The molecule has 0 amide bonds. The molecule has 2 aromatic heterocycles. The lowest BCUT2D eigenvalue weighted by Crippen LogP contribution is -2.36. The van der Waals surface area contributed by atoms with E-state index in [9.17, 15) is 8.42 Å². The third-order valence-corrected chi connectivity index (χ3v) is 6.63. The predicted molar refractivity (Wildman–Crippen MR) is 120 cm³/mol.